The molecule has 0 N–H and O–H groups in total. The van der Waals surface area contributed by atoms with E-state index in [2.05, 4.69) is 154 Å². The molecule has 0 aliphatic rings. The maximum atomic E-state index is 6.84. The molecule has 0 atom stereocenters. The Morgan fingerprint density at radius 1 is 0.381 bits per heavy atom. The first-order chi connectivity index (χ1) is 20.5. The number of hydrogen-bond acceptors (Lipinski definition) is 4. The van der Waals surface area contributed by atoms with E-state index in [1.807, 2.05) is 0 Å². The normalized spacial score (nSPS) is 11.3. The van der Waals surface area contributed by atoms with Gasteiger partial charge in [0.2, 0.25) is 0 Å². The van der Waals surface area contributed by atoms with E-state index in [0.717, 1.165) is 46.7 Å². The molecular formula is C34H18BBr3S4. The van der Waals surface area contributed by atoms with Crippen LogP contribution in [-0.4, -0.2) is 7.85 Å². The molecule has 0 aliphatic heterocycles. The Labute approximate surface area is 287 Å². The van der Waals surface area contributed by atoms with Crippen molar-refractivity contribution < 1.29 is 0 Å². The first kappa shape index (κ1) is 28.7. The topological polar surface area (TPSA) is 0 Å². The SMILES string of the molecule is [B]c1cc(-c2cccs2)c(-c2cccs2)cc1-c1cc(-c2cc(-c3cccs3)c(-c3cccs3)cc2Br)c(Br)cc1Br. The van der Waals surface area contributed by atoms with Crippen molar-refractivity contribution in [2.75, 3.05) is 0 Å². The lowest BCUT2D eigenvalue weighted by atomic mass is 9.82. The van der Waals surface area contributed by atoms with Crippen LogP contribution in [0.4, 0.5) is 0 Å². The molecular weight excluding hydrogens is 787 g/mol. The van der Waals surface area contributed by atoms with Crippen LogP contribution < -0.4 is 5.46 Å². The lowest BCUT2D eigenvalue weighted by Crippen LogP contribution is -2.08. The number of hydrogen-bond donors (Lipinski definition) is 0. The molecule has 0 fully saturated rings. The molecule has 0 unspecified atom stereocenters. The van der Waals surface area contributed by atoms with Crippen molar-refractivity contribution in [1.29, 1.82) is 0 Å². The van der Waals surface area contributed by atoms with Crippen molar-refractivity contribution in [3.8, 4) is 64.0 Å². The Morgan fingerprint density at radius 3 is 1.14 bits per heavy atom. The molecule has 8 heteroatoms. The molecule has 42 heavy (non-hydrogen) atoms. The Balaban J connectivity index is 1.43. The Kier molecular flexibility index (Phi) is 8.31. The number of halogens is 3. The minimum absolute atomic E-state index is 0.749. The van der Waals surface area contributed by atoms with Gasteiger partial charge in [0.15, 0.2) is 0 Å². The monoisotopic (exact) mass is 802 g/mol. The van der Waals surface area contributed by atoms with Gasteiger partial charge in [-0.05, 0) is 104 Å². The maximum Gasteiger partial charge on any atom is 0.114 e. The van der Waals surface area contributed by atoms with E-state index >= 15 is 0 Å². The van der Waals surface area contributed by atoms with Gasteiger partial charge in [0.25, 0.3) is 0 Å². The molecule has 202 valence electrons. The zero-order valence-corrected chi connectivity index (χ0v) is 29.8. The van der Waals surface area contributed by atoms with Gasteiger partial charge in [-0.3, -0.25) is 0 Å². The summed E-state index contributed by atoms with van der Waals surface area (Å²) in [6, 6.07) is 30.4. The van der Waals surface area contributed by atoms with Gasteiger partial charge in [-0.25, -0.2) is 0 Å². The summed E-state index contributed by atoms with van der Waals surface area (Å²) in [5.74, 6) is 0. The highest BCUT2D eigenvalue weighted by molar-refractivity contribution is 9.11. The van der Waals surface area contributed by atoms with Crippen LogP contribution >= 0.6 is 93.1 Å². The first-order valence-electron chi connectivity index (χ1n) is 12.9. The van der Waals surface area contributed by atoms with Gasteiger partial charge >= 0.3 is 0 Å². The summed E-state index contributed by atoms with van der Waals surface area (Å²) < 4.78 is 3.03. The average molecular weight is 805 g/mol. The molecule has 7 aromatic rings. The molecule has 0 saturated carbocycles. The number of thiophene rings is 4. The van der Waals surface area contributed by atoms with Crippen LogP contribution in [0.2, 0.25) is 0 Å². The minimum Gasteiger partial charge on any atom is -0.144 e. The second-order valence-electron chi connectivity index (χ2n) is 9.58. The third kappa shape index (κ3) is 5.41. The molecule has 0 bridgehead atoms. The molecule has 0 spiro atoms. The van der Waals surface area contributed by atoms with Gasteiger partial charge < -0.3 is 0 Å². The molecule has 0 aliphatic carbocycles. The quantitative estimate of drug-likeness (QED) is 0.147. The molecule has 4 heterocycles. The zero-order chi connectivity index (χ0) is 28.8. The van der Waals surface area contributed by atoms with Crippen LogP contribution in [0.5, 0.6) is 0 Å². The third-order valence-electron chi connectivity index (χ3n) is 7.08. The maximum absolute atomic E-state index is 6.84. The molecule has 0 saturated heterocycles. The van der Waals surface area contributed by atoms with Crippen LogP contribution in [-0.2, 0) is 0 Å². The van der Waals surface area contributed by atoms with Crippen LogP contribution in [0, 0.1) is 0 Å². The van der Waals surface area contributed by atoms with E-state index < -0.39 is 0 Å². The number of benzene rings is 3. The highest BCUT2D eigenvalue weighted by Gasteiger charge is 2.20. The lowest BCUT2D eigenvalue weighted by Gasteiger charge is -2.18. The molecule has 0 nitrogen and oxygen atoms in total. The number of rotatable bonds is 6. The fourth-order valence-corrected chi connectivity index (χ4v) is 10.1. The minimum atomic E-state index is 0.749. The molecule has 0 amide bonds. The molecule has 4 aromatic heterocycles. The fourth-order valence-electron chi connectivity index (χ4n) is 5.13. The average Bonchev–Trinajstić information content (AvgIpc) is 3.82. The van der Waals surface area contributed by atoms with Crippen LogP contribution in [0.3, 0.4) is 0 Å². The predicted molar refractivity (Wildman–Crippen MR) is 199 cm³/mol. The van der Waals surface area contributed by atoms with E-state index in [9.17, 15) is 0 Å². The van der Waals surface area contributed by atoms with Crippen molar-refractivity contribution >= 4 is 106 Å². The second-order valence-corrected chi connectivity index (χ2v) is 15.9. The summed E-state index contributed by atoms with van der Waals surface area (Å²) in [6.07, 6.45) is 0. The molecule has 3 aromatic carbocycles. The van der Waals surface area contributed by atoms with E-state index in [1.54, 1.807) is 45.3 Å². The van der Waals surface area contributed by atoms with Crippen LogP contribution in [0.1, 0.15) is 0 Å². The van der Waals surface area contributed by atoms with Gasteiger partial charge in [-0.15, -0.1) is 45.3 Å². The van der Waals surface area contributed by atoms with Crippen molar-refractivity contribution in [1.82, 2.24) is 0 Å². The summed E-state index contributed by atoms with van der Waals surface area (Å²) in [4.78, 5) is 4.93. The predicted octanol–water partition coefficient (Wildman–Crippen LogP) is 13.0. The van der Waals surface area contributed by atoms with Gasteiger partial charge in [0, 0.05) is 49.6 Å². The summed E-state index contributed by atoms with van der Waals surface area (Å²) >= 11 is 18.7. The smallest absolute Gasteiger partial charge is 0.114 e. The Hall–Kier alpha value is -2.04. The fraction of sp³-hybridized carbons (Fsp3) is 0. The van der Waals surface area contributed by atoms with E-state index in [-0.39, 0.29) is 0 Å². The third-order valence-corrected chi connectivity index (χ3v) is 12.7. The summed E-state index contributed by atoms with van der Waals surface area (Å²) in [5, 5.41) is 8.50. The largest absolute Gasteiger partial charge is 0.144 e. The van der Waals surface area contributed by atoms with Crippen molar-refractivity contribution in [3.63, 3.8) is 0 Å². The summed E-state index contributed by atoms with van der Waals surface area (Å²) in [7, 11) is 6.84. The summed E-state index contributed by atoms with van der Waals surface area (Å²) in [5.41, 5.74) is 9.81. The second kappa shape index (κ2) is 12.2. The first-order valence-corrected chi connectivity index (χ1v) is 18.8. The van der Waals surface area contributed by atoms with E-state index in [4.69, 9.17) is 7.85 Å². The van der Waals surface area contributed by atoms with E-state index in [0.29, 0.717) is 0 Å². The van der Waals surface area contributed by atoms with Crippen molar-refractivity contribution in [2.45, 2.75) is 0 Å². The highest BCUT2D eigenvalue weighted by atomic mass is 79.9. The van der Waals surface area contributed by atoms with Crippen LogP contribution in [0.25, 0.3) is 64.0 Å². The standard InChI is InChI=1S/C34H18BBr3S4/c35-27-16-25(33-7-3-11-41-33)23(31-5-1-9-39-31)13-19(27)20-14-21(30(38)18-29(20)37)22-15-24(32-6-2-10-40-32)26(17-28(22)36)34-8-4-12-42-34/h1-18H. The van der Waals surface area contributed by atoms with Gasteiger partial charge in [0.1, 0.15) is 7.85 Å². The summed E-state index contributed by atoms with van der Waals surface area (Å²) in [6.45, 7) is 0. The Bertz CT molecular complexity index is 1870. The van der Waals surface area contributed by atoms with Gasteiger partial charge in [0.05, 0.1) is 0 Å². The Morgan fingerprint density at radius 2 is 0.714 bits per heavy atom. The van der Waals surface area contributed by atoms with Crippen molar-refractivity contribution in [3.05, 3.63) is 120 Å². The van der Waals surface area contributed by atoms with E-state index in [1.165, 1.54) is 36.2 Å². The lowest BCUT2D eigenvalue weighted by molar-refractivity contribution is 1.52. The molecule has 7 rings (SSSR count). The highest BCUT2D eigenvalue weighted by Crippen LogP contribution is 2.47. The zero-order valence-electron chi connectivity index (χ0n) is 21.7. The van der Waals surface area contributed by atoms with Crippen molar-refractivity contribution in [2.24, 2.45) is 0 Å². The van der Waals surface area contributed by atoms with Gasteiger partial charge in [-0.1, -0.05) is 83.6 Å². The van der Waals surface area contributed by atoms with Crippen LogP contribution in [0.15, 0.2) is 120 Å². The van der Waals surface area contributed by atoms with Gasteiger partial charge in [-0.2, -0.15) is 0 Å². The molecule has 2 radical (unpaired) electrons.